The van der Waals surface area contributed by atoms with Gasteiger partial charge in [-0.2, -0.15) is 0 Å². The van der Waals surface area contributed by atoms with E-state index in [-0.39, 0.29) is 6.54 Å². The van der Waals surface area contributed by atoms with E-state index in [0.29, 0.717) is 17.2 Å². The fourth-order valence-electron chi connectivity index (χ4n) is 1.96. The zero-order chi connectivity index (χ0) is 13.2. The quantitative estimate of drug-likeness (QED) is 0.752. The summed E-state index contributed by atoms with van der Waals surface area (Å²) in [5.41, 5.74) is -0.975. The van der Waals surface area contributed by atoms with Crippen LogP contribution in [0.15, 0.2) is 16.3 Å². The molecular weight excluding hydrogens is 272 g/mol. The molecule has 18 heavy (non-hydrogen) atoms. The van der Waals surface area contributed by atoms with Gasteiger partial charge in [0.15, 0.2) is 0 Å². The van der Waals surface area contributed by atoms with E-state index in [1.54, 1.807) is 12.1 Å². The summed E-state index contributed by atoms with van der Waals surface area (Å²) in [4.78, 5) is 0.952. The van der Waals surface area contributed by atoms with Crippen LogP contribution in [0.5, 0.6) is 0 Å². The van der Waals surface area contributed by atoms with E-state index >= 15 is 0 Å². The van der Waals surface area contributed by atoms with Crippen molar-refractivity contribution in [2.24, 2.45) is 0 Å². The maximum absolute atomic E-state index is 12.0. The zero-order valence-corrected chi connectivity index (χ0v) is 11.9. The molecule has 0 radical (unpaired) electrons. The molecule has 2 heterocycles. The zero-order valence-electron chi connectivity index (χ0n) is 10.3. The number of hydrogen-bond acceptors (Lipinski definition) is 5. The first-order chi connectivity index (χ1) is 8.41. The first-order valence-corrected chi connectivity index (χ1v) is 8.21. The predicted molar refractivity (Wildman–Crippen MR) is 71.3 cm³/mol. The third kappa shape index (κ3) is 3.30. The Kier molecular flexibility index (Phi) is 4.08. The Hall–Kier alpha value is -0.470. The van der Waals surface area contributed by atoms with Gasteiger partial charge >= 0.3 is 0 Å². The van der Waals surface area contributed by atoms with Gasteiger partial charge < -0.3 is 10.4 Å². The van der Waals surface area contributed by atoms with Gasteiger partial charge in [0.05, 0.1) is 5.60 Å². The fourth-order valence-corrected chi connectivity index (χ4v) is 4.41. The van der Waals surface area contributed by atoms with Crippen LogP contribution in [-0.2, 0) is 10.0 Å². The second-order valence-electron chi connectivity index (χ2n) is 4.69. The second-order valence-corrected chi connectivity index (χ2v) is 7.98. The van der Waals surface area contributed by atoms with E-state index in [9.17, 15) is 13.5 Å². The maximum Gasteiger partial charge on any atom is 0.250 e. The minimum absolute atomic E-state index is 0.0548. The highest BCUT2D eigenvalue weighted by Crippen LogP contribution is 2.21. The third-order valence-corrected chi connectivity index (χ3v) is 5.92. The number of piperidine rings is 1. The summed E-state index contributed by atoms with van der Waals surface area (Å²) >= 11 is 1.23. The van der Waals surface area contributed by atoms with E-state index in [2.05, 4.69) is 10.0 Å². The minimum Gasteiger partial charge on any atom is -0.387 e. The molecule has 0 unspecified atom stereocenters. The first kappa shape index (κ1) is 14.0. The van der Waals surface area contributed by atoms with Crippen LogP contribution in [0.25, 0.3) is 0 Å². The summed E-state index contributed by atoms with van der Waals surface area (Å²) in [7, 11) is -3.50. The predicted octanol–water partition coefficient (Wildman–Crippen LogP) is 0.449. The third-order valence-electron chi connectivity index (χ3n) is 3.02. The number of aliphatic hydroxyl groups is 1. The van der Waals surface area contributed by atoms with Gasteiger partial charge in [-0.1, -0.05) is 0 Å². The molecule has 2 rings (SSSR count). The van der Waals surface area contributed by atoms with Gasteiger partial charge in [-0.15, -0.1) is 11.3 Å². The average Bonchev–Trinajstić information content (AvgIpc) is 2.76. The molecule has 1 aromatic rings. The first-order valence-electron chi connectivity index (χ1n) is 5.91. The van der Waals surface area contributed by atoms with Gasteiger partial charge in [-0.3, -0.25) is 0 Å². The molecule has 0 aromatic carbocycles. The Morgan fingerprint density at radius 1 is 1.56 bits per heavy atom. The molecule has 0 spiro atoms. The second kappa shape index (κ2) is 5.26. The normalized spacial score (nSPS) is 25.2. The molecular formula is C11H18N2O3S2. The van der Waals surface area contributed by atoms with E-state index in [1.165, 1.54) is 11.3 Å². The van der Waals surface area contributed by atoms with Crippen molar-refractivity contribution >= 4 is 21.4 Å². The molecule has 3 N–H and O–H groups in total. The van der Waals surface area contributed by atoms with Crippen LogP contribution in [0.1, 0.15) is 17.7 Å². The number of aryl methyl sites for hydroxylation is 1. The molecule has 0 aliphatic carbocycles. The maximum atomic E-state index is 12.0. The van der Waals surface area contributed by atoms with Crippen LogP contribution >= 0.6 is 11.3 Å². The molecule has 1 aliphatic rings. The van der Waals surface area contributed by atoms with Crippen LogP contribution in [0.4, 0.5) is 0 Å². The van der Waals surface area contributed by atoms with Crippen molar-refractivity contribution in [2.45, 2.75) is 29.6 Å². The largest absolute Gasteiger partial charge is 0.387 e. The summed E-state index contributed by atoms with van der Waals surface area (Å²) in [5, 5.41) is 13.3. The Morgan fingerprint density at radius 3 is 2.89 bits per heavy atom. The van der Waals surface area contributed by atoms with Crippen LogP contribution < -0.4 is 10.0 Å². The summed E-state index contributed by atoms with van der Waals surface area (Å²) < 4.78 is 26.8. The topological polar surface area (TPSA) is 78.4 Å². The molecule has 0 saturated carbocycles. The summed E-state index contributed by atoms with van der Waals surface area (Å²) in [6, 6.07) is 3.36. The highest BCUT2D eigenvalue weighted by atomic mass is 32.2. The Labute approximate surface area is 111 Å². The lowest BCUT2D eigenvalue weighted by atomic mass is 9.95. The highest BCUT2D eigenvalue weighted by molar-refractivity contribution is 7.91. The van der Waals surface area contributed by atoms with E-state index < -0.39 is 15.6 Å². The van der Waals surface area contributed by atoms with Crippen molar-refractivity contribution in [2.75, 3.05) is 19.6 Å². The van der Waals surface area contributed by atoms with Crippen LogP contribution in [0.3, 0.4) is 0 Å². The highest BCUT2D eigenvalue weighted by Gasteiger charge is 2.31. The number of thiophene rings is 1. The van der Waals surface area contributed by atoms with E-state index in [1.807, 2.05) is 6.92 Å². The number of sulfonamides is 1. The lowest BCUT2D eigenvalue weighted by Gasteiger charge is -2.32. The molecule has 0 bridgehead atoms. The minimum atomic E-state index is -3.50. The van der Waals surface area contributed by atoms with Crippen molar-refractivity contribution in [3.05, 3.63) is 17.0 Å². The van der Waals surface area contributed by atoms with Gasteiger partial charge in [0.1, 0.15) is 4.21 Å². The van der Waals surface area contributed by atoms with Crippen molar-refractivity contribution in [1.82, 2.24) is 10.0 Å². The number of β-amino-alcohol motifs (C(OH)–C–C–N with tert-alkyl or cyclic N) is 1. The Morgan fingerprint density at radius 2 is 2.33 bits per heavy atom. The Balaban J connectivity index is 2.01. The number of hydrogen-bond donors (Lipinski definition) is 3. The van der Waals surface area contributed by atoms with Crippen molar-refractivity contribution in [3.63, 3.8) is 0 Å². The van der Waals surface area contributed by atoms with Gasteiger partial charge in [-0.25, -0.2) is 13.1 Å². The fraction of sp³-hybridized carbons (Fsp3) is 0.636. The average molecular weight is 290 g/mol. The smallest absolute Gasteiger partial charge is 0.250 e. The lowest BCUT2D eigenvalue weighted by Crippen LogP contribution is -2.52. The molecule has 1 atom stereocenters. The summed E-state index contributed by atoms with van der Waals surface area (Å²) in [5.74, 6) is 0. The SMILES string of the molecule is Cc1ccc(S(=O)(=O)NC[C@]2(O)CCCNC2)s1. The Bertz CT molecular complexity index is 504. The molecule has 1 saturated heterocycles. The van der Waals surface area contributed by atoms with Gasteiger partial charge in [0.25, 0.3) is 0 Å². The van der Waals surface area contributed by atoms with Crippen molar-refractivity contribution in [1.29, 1.82) is 0 Å². The molecule has 102 valence electrons. The molecule has 7 heteroatoms. The van der Waals surface area contributed by atoms with Crippen molar-refractivity contribution in [3.8, 4) is 0 Å². The van der Waals surface area contributed by atoms with Crippen LogP contribution in [0, 0.1) is 6.92 Å². The molecule has 5 nitrogen and oxygen atoms in total. The van der Waals surface area contributed by atoms with Gasteiger partial charge in [-0.05, 0) is 38.4 Å². The monoisotopic (exact) mass is 290 g/mol. The number of rotatable bonds is 4. The molecule has 0 amide bonds. The van der Waals surface area contributed by atoms with Crippen LogP contribution in [-0.4, -0.2) is 38.8 Å². The molecule has 1 aromatic heterocycles. The van der Waals surface area contributed by atoms with Gasteiger partial charge in [0, 0.05) is 18.0 Å². The van der Waals surface area contributed by atoms with Crippen molar-refractivity contribution < 1.29 is 13.5 Å². The standard InChI is InChI=1S/C11H18N2O3S2/c1-9-3-4-10(17-9)18(15,16)13-8-11(14)5-2-6-12-7-11/h3-4,12-14H,2,5-8H2,1H3/t11-/m0/s1. The van der Waals surface area contributed by atoms with Crippen LogP contribution in [0.2, 0.25) is 0 Å². The van der Waals surface area contributed by atoms with Gasteiger partial charge in [0.2, 0.25) is 10.0 Å². The molecule has 1 aliphatic heterocycles. The van der Waals surface area contributed by atoms with E-state index in [0.717, 1.165) is 17.8 Å². The molecule has 1 fully saturated rings. The lowest BCUT2D eigenvalue weighted by molar-refractivity contribution is 0.0218. The number of nitrogens with one attached hydrogen (secondary N) is 2. The summed E-state index contributed by atoms with van der Waals surface area (Å²) in [6.07, 6.45) is 1.47. The summed E-state index contributed by atoms with van der Waals surface area (Å²) in [6.45, 7) is 3.22. The van der Waals surface area contributed by atoms with E-state index in [4.69, 9.17) is 0 Å².